The lowest BCUT2D eigenvalue weighted by atomic mass is 10.1. The molecule has 0 aliphatic heterocycles. The number of nitrogens with one attached hydrogen (secondary N) is 1. The smallest absolute Gasteiger partial charge is 0.0534 e. The number of rotatable bonds is 5. The van der Waals surface area contributed by atoms with Gasteiger partial charge in [-0.2, -0.15) is 5.10 Å². The van der Waals surface area contributed by atoms with Gasteiger partial charge in [0.05, 0.1) is 6.54 Å². The third kappa shape index (κ3) is 3.12. The first kappa shape index (κ1) is 12.2. The van der Waals surface area contributed by atoms with Gasteiger partial charge in [-0.3, -0.25) is 4.68 Å². The lowest BCUT2D eigenvalue weighted by Gasteiger charge is -2.09. The van der Waals surface area contributed by atoms with Crippen molar-refractivity contribution in [3.05, 3.63) is 60.4 Å². The zero-order chi connectivity index (χ0) is 12.9. The Morgan fingerprint density at radius 2 is 2.11 bits per heavy atom. The summed E-state index contributed by atoms with van der Waals surface area (Å²) in [7, 11) is 0. The van der Waals surface area contributed by atoms with E-state index in [-0.39, 0.29) is 0 Å². The van der Waals surface area contributed by atoms with Crippen LogP contribution in [0, 0.1) is 0 Å². The normalized spacial score (nSPS) is 18.5. The van der Waals surface area contributed by atoms with Crippen molar-refractivity contribution in [2.75, 3.05) is 6.54 Å². The summed E-state index contributed by atoms with van der Waals surface area (Å²) in [6.07, 6.45) is 8.57. The molecule has 0 bridgehead atoms. The molecule has 1 aliphatic rings. The first-order chi connectivity index (χ1) is 9.42. The second-order valence-electron chi connectivity index (χ2n) is 4.93. The molecule has 0 saturated carbocycles. The number of nitrogens with zero attached hydrogens (tertiary/aromatic N) is 2. The first-order valence-corrected chi connectivity index (χ1v) is 6.89. The van der Waals surface area contributed by atoms with Gasteiger partial charge in [0.2, 0.25) is 0 Å². The van der Waals surface area contributed by atoms with E-state index in [4.69, 9.17) is 0 Å². The highest BCUT2D eigenvalue weighted by Gasteiger charge is 2.15. The van der Waals surface area contributed by atoms with Gasteiger partial charge < -0.3 is 5.32 Å². The maximum Gasteiger partial charge on any atom is 0.0534 e. The quantitative estimate of drug-likeness (QED) is 0.888. The van der Waals surface area contributed by atoms with Crippen molar-refractivity contribution in [1.82, 2.24) is 15.1 Å². The molecule has 1 aromatic heterocycles. The van der Waals surface area contributed by atoms with Gasteiger partial charge in [0, 0.05) is 25.0 Å². The standard InChI is InChI=1S/C16H19N3/c1-2-5-14(6-3-1)15-7-8-16(13-15)17-10-12-19-11-4-9-18-19/h1-6,9,11,13,16-17H,7-8,10,12H2. The predicted molar refractivity (Wildman–Crippen MR) is 77.7 cm³/mol. The molecule has 0 saturated heterocycles. The zero-order valence-electron chi connectivity index (χ0n) is 11.0. The average Bonchev–Trinajstić information content (AvgIpc) is 3.11. The fourth-order valence-corrected chi connectivity index (χ4v) is 2.57. The Morgan fingerprint density at radius 1 is 1.21 bits per heavy atom. The molecule has 1 N–H and O–H groups in total. The van der Waals surface area contributed by atoms with E-state index in [1.54, 1.807) is 0 Å². The Hall–Kier alpha value is -1.87. The number of allylic oxidation sites excluding steroid dienone is 1. The van der Waals surface area contributed by atoms with Gasteiger partial charge in [0.25, 0.3) is 0 Å². The molecule has 0 radical (unpaired) electrons. The molecule has 0 spiro atoms. The van der Waals surface area contributed by atoms with E-state index in [0.29, 0.717) is 6.04 Å². The predicted octanol–water partition coefficient (Wildman–Crippen LogP) is 2.72. The molecule has 3 nitrogen and oxygen atoms in total. The van der Waals surface area contributed by atoms with Crippen molar-refractivity contribution in [3.8, 4) is 0 Å². The minimum absolute atomic E-state index is 0.505. The second-order valence-corrected chi connectivity index (χ2v) is 4.93. The minimum Gasteiger partial charge on any atom is -0.309 e. The lowest BCUT2D eigenvalue weighted by molar-refractivity contribution is 0.515. The zero-order valence-corrected chi connectivity index (χ0v) is 11.0. The van der Waals surface area contributed by atoms with Crippen LogP contribution in [0.1, 0.15) is 18.4 Å². The van der Waals surface area contributed by atoms with Crippen molar-refractivity contribution < 1.29 is 0 Å². The van der Waals surface area contributed by atoms with E-state index in [2.05, 4.69) is 46.8 Å². The van der Waals surface area contributed by atoms with Gasteiger partial charge in [-0.25, -0.2) is 0 Å². The number of hydrogen-bond acceptors (Lipinski definition) is 2. The summed E-state index contributed by atoms with van der Waals surface area (Å²) in [5.74, 6) is 0. The van der Waals surface area contributed by atoms with Crippen molar-refractivity contribution in [2.24, 2.45) is 0 Å². The van der Waals surface area contributed by atoms with Crippen molar-refractivity contribution in [2.45, 2.75) is 25.4 Å². The SMILES string of the molecule is C1=C(c2ccccc2)CCC1NCCn1cccn1. The molecule has 0 amide bonds. The molecule has 1 aliphatic carbocycles. The van der Waals surface area contributed by atoms with Gasteiger partial charge in [0.15, 0.2) is 0 Å². The van der Waals surface area contributed by atoms with E-state index in [9.17, 15) is 0 Å². The van der Waals surface area contributed by atoms with E-state index in [1.807, 2.05) is 23.1 Å². The molecule has 1 heterocycles. The van der Waals surface area contributed by atoms with Crippen molar-refractivity contribution >= 4 is 5.57 Å². The molecule has 0 fully saturated rings. The van der Waals surface area contributed by atoms with E-state index < -0.39 is 0 Å². The Bertz CT molecular complexity index is 528. The monoisotopic (exact) mass is 253 g/mol. The Morgan fingerprint density at radius 3 is 2.89 bits per heavy atom. The highest BCUT2D eigenvalue weighted by molar-refractivity contribution is 5.68. The minimum atomic E-state index is 0.505. The van der Waals surface area contributed by atoms with Gasteiger partial charge in [-0.05, 0) is 30.0 Å². The van der Waals surface area contributed by atoms with Crippen LogP contribution in [0.5, 0.6) is 0 Å². The molecule has 1 unspecified atom stereocenters. The van der Waals surface area contributed by atoms with E-state index in [1.165, 1.54) is 24.0 Å². The number of benzene rings is 1. The summed E-state index contributed by atoms with van der Waals surface area (Å²) in [6, 6.07) is 13.1. The summed E-state index contributed by atoms with van der Waals surface area (Å²) < 4.78 is 1.96. The molecular weight excluding hydrogens is 234 g/mol. The van der Waals surface area contributed by atoms with Crippen molar-refractivity contribution in [3.63, 3.8) is 0 Å². The second kappa shape index (κ2) is 5.85. The van der Waals surface area contributed by atoms with Gasteiger partial charge in [-0.1, -0.05) is 36.4 Å². The summed E-state index contributed by atoms with van der Waals surface area (Å²) in [4.78, 5) is 0. The highest BCUT2D eigenvalue weighted by atomic mass is 15.3. The Balaban J connectivity index is 1.52. The van der Waals surface area contributed by atoms with Gasteiger partial charge in [0.1, 0.15) is 0 Å². The number of hydrogen-bond donors (Lipinski definition) is 1. The summed E-state index contributed by atoms with van der Waals surface area (Å²) in [5.41, 5.74) is 2.83. The summed E-state index contributed by atoms with van der Waals surface area (Å²) in [5, 5.41) is 7.79. The van der Waals surface area contributed by atoms with Gasteiger partial charge >= 0.3 is 0 Å². The van der Waals surface area contributed by atoms with Crippen LogP contribution in [0.25, 0.3) is 5.57 Å². The molecule has 1 atom stereocenters. The van der Waals surface area contributed by atoms with E-state index in [0.717, 1.165) is 13.1 Å². The lowest BCUT2D eigenvalue weighted by Crippen LogP contribution is -2.28. The van der Waals surface area contributed by atoms with Crippen LogP contribution in [0.3, 0.4) is 0 Å². The topological polar surface area (TPSA) is 29.9 Å². The molecule has 3 heteroatoms. The summed E-state index contributed by atoms with van der Waals surface area (Å²) in [6.45, 7) is 1.89. The van der Waals surface area contributed by atoms with Crippen LogP contribution >= 0.6 is 0 Å². The maximum atomic E-state index is 4.20. The third-order valence-electron chi connectivity index (χ3n) is 3.58. The Kier molecular flexibility index (Phi) is 3.75. The molecular formula is C16H19N3. The molecule has 3 rings (SSSR count). The molecule has 2 aromatic rings. The molecule has 1 aromatic carbocycles. The largest absolute Gasteiger partial charge is 0.309 e. The maximum absolute atomic E-state index is 4.20. The van der Waals surface area contributed by atoms with E-state index >= 15 is 0 Å². The van der Waals surface area contributed by atoms with Crippen LogP contribution in [0.4, 0.5) is 0 Å². The van der Waals surface area contributed by atoms with Crippen LogP contribution in [-0.4, -0.2) is 22.4 Å². The fourth-order valence-electron chi connectivity index (χ4n) is 2.57. The van der Waals surface area contributed by atoms with Gasteiger partial charge in [-0.15, -0.1) is 0 Å². The Labute approximate surface area is 114 Å². The van der Waals surface area contributed by atoms with Crippen LogP contribution in [0.15, 0.2) is 54.9 Å². The van der Waals surface area contributed by atoms with Crippen molar-refractivity contribution in [1.29, 1.82) is 0 Å². The number of aromatic nitrogens is 2. The average molecular weight is 253 g/mol. The van der Waals surface area contributed by atoms with Crippen LogP contribution in [-0.2, 0) is 6.54 Å². The highest BCUT2D eigenvalue weighted by Crippen LogP contribution is 2.27. The summed E-state index contributed by atoms with van der Waals surface area (Å²) >= 11 is 0. The van der Waals surface area contributed by atoms with Crippen LogP contribution < -0.4 is 5.32 Å². The fraction of sp³-hybridized carbons (Fsp3) is 0.312. The van der Waals surface area contributed by atoms with Crippen LogP contribution in [0.2, 0.25) is 0 Å². The third-order valence-corrected chi connectivity index (χ3v) is 3.58. The molecule has 98 valence electrons. The first-order valence-electron chi connectivity index (χ1n) is 6.89. The molecule has 19 heavy (non-hydrogen) atoms.